The number of hydrogen-bond acceptors (Lipinski definition) is 5. The highest BCUT2D eigenvalue weighted by Gasteiger charge is 2.18. The van der Waals surface area contributed by atoms with Crippen LogP contribution < -0.4 is 5.73 Å². The van der Waals surface area contributed by atoms with E-state index in [9.17, 15) is 0 Å². The molecule has 0 bridgehead atoms. The standard InChI is InChI=1S/C11H22N6/c1-2-3-6-17-11(13-14-15-17)9-16-7-4-10(12)5-8-16/h10H,2-9,12H2,1H3. The molecule has 0 aromatic carbocycles. The van der Waals surface area contributed by atoms with Crippen molar-refractivity contribution in [3.8, 4) is 0 Å². The molecule has 1 aliphatic rings. The van der Waals surface area contributed by atoms with E-state index < -0.39 is 0 Å². The number of nitrogens with zero attached hydrogens (tertiary/aromatic N) is 5. The van der Waals surface area contributed by atoms with Crippen molar-refractivity contribution in [3.63, 3.8) is 0 Å². The summed E-state index contributed by atoms with van der Waals surface area (Å²) in [7, 11) is 0. The number of piperidine rings is 1. The summed E-state index contributed by atoms with van der Waals surface area (Å²) in [6.07, 6.45) is 4.45. The zero-order valence-corrected chi connectivity index (χ0v) is 10.5. The molecule has 2 heterocycles. The second kappa shape index (κ2) is 6.07. The van der Waals surface area contributed by atoms with Crippen LogP contribution in [0.3, 0.4) is 0 Å². The van der Waals surface area contributed by atoms with Crippen molar-refractivity contribution in [3.05, 3.63) is 5.82 Å². The van der Waals surface area contributed by atoms with Crippen molar-refractivity contribution in [2.24, 2.45) is 5.73 Å². The second-order valence-corrected chi connectivity index (χ2v) is 4.79. The maximum atomic E-state index is 5.89. The minimum Gasteiger partial charge on any atom is -0.328 e. The van der Waals surface area contributed by atoms with Gasteiger partial charge in [0.1, 0.15) is 0 Å². The Hall–Kier alpha value is -1.01. The van der Waals surface area contributed by atoms with Gasteiger partial charge in [0.25, 0.3) is 0 Å². The largest absolute Gasteiger partial charge is 0.328 e. The third-order valence-electron chi connectivity index (χ3n) is 3.33. The van der Waals surface area contributed by atoms with Gasteiger partial charge in [-0.15, -0.1) is 5.10 Å². The molecule has 0 atom stereocenters. The maximum Gasteiger partial charge on any atom is 0.165 e. The minimum atomic E-state index is 0.377. The number of tetrazole rings is 1. The van der Waals surface area contributed by atoms with Gasteiger partial charge in [-0.2, -0.15) is 0 Å². The van der Waals surface area contributed by atoms with E-state index in [1.165, 1.54) is 0 Å². The van der Waals surface area contributed by atoms with E-state index in [0.717, 1.165) is 57.7 Å². The Morgan fingerprint density at radius 1 is 1.35 bits per heavy atom. The average Bonchev–Trinajstić information content (AvgIpc) is 2.77. The van der Waals surface area contributed by atoms with Crippen molar-refractivity contribution >= 4 is 0 Å². The van der Waals surface area contributed by atoms with Crippen LogP contribution in [0, 0.1) is 0 Å². The van der Waals surface area contributed by atoms with Gasteiger partial charge in [0.05, 0.1) is 6.54 Å². The second-order valence-electron chi connectivity index (χ2n) is 4.79. The smallest absolute Gasteiger partial charge is 0.165 e. The Bertz CT molecular complexity index is 328. The van der Waals surface area contributed by atoms with Crippen molar-refractivity contribution in [1.29, 1.82) is 0 Å². The lowest BCUT2D eigenvalue weighted by Gasteiger charge is -2.29. The zero-order chi connectivity index (χ0) is 12.1. The molecule has 1 saturated heterocycles. The molecule has 2 rings (SSSR count). The number of aromatic nitrogens is 4. The van der Waals surface area contributed by atoms with E-state index >= 15 is 0 Å². The molecule has 6 heteroatoms. The Morgan fingerprint density at radius 3 is 2.82 bits per heavy atom. The zero-order valence-electron chi connectivity index (χ0n) is 10.5. The molecule has 0 saturated carbocycles. The fourth-order valence-electron chi connectivity index (χ4n) is 2.13. The van der Waals surface area contributed by atoms with E-state index in [1.54, 1.807) is 0 Å². The van der Waals surface area contributed by atoms with Gasteiger partial charge >= 0.3 is 0 Å². The average molecular weight is 238 g/mol. The van der Waals surface area contributed by atoms with Crippen LogP contribution in [0.5, 0.6) is 0 Å². The monoisotopic (exact) mass is 238 g/mol. The van der Waals surface area contributed by atoms with Gasteiger partial charge in [-0.05, 0) is 29.7 Å². The first-order valence-electron chi connectivity index (χ1n) is 6.52. The normalized spacial score (nSPS) is 18.7. The number of aryl methyl sites for hydroxylation is 1. The molecule has 96 valence electrons. The molecule has 0 spiro atoms. The molecule has 0 unspecified atom stereocenters. The van der Waals surface area contributed by atoms with Gasteiger partial charge in [0, 0.05) is 25.7 Å². The SMILES string of the molecule is CCCCn1nnnc1CN1CCC(N)CC1. The summed E-state index contributed by atoms with van der Waals surface area (Å²) in [5.74, 6) is 0.980. The fourth-order valence-corrected chi connectivity index (χ4v) is 2.13. The van der Waals surface area contributed by atoms with Gasteiger partial charge < -0.3 is 5.73 Å². The molecule has 0 amide bonds. The van der Waals surface area contributed by atoms with Crippen LogP contribution in [-0.2, 0) is 13.1 Å². The molecular weight excluding hydrogens is 216 g/mol. The Kier molecular flexibility index (Phi) is 4.44. The van der Waals surface area contributed by atoms with Gasteiger partial charge in [0.2, 0.25) is 0 Å². The lowest BCUT2D eigenvalue weighted by Crippen LogP contribution is -2.39. The van der Waals surface area contributed by atoms with E-state index in [1.807, 2.05) is 4.68 Å². The third-order valence-corrected chi connectivity index (χ3v) is 3.33. The quantitative estimate of drug-likeness (QED) is 0.803. The van der Waals surface area contributed by atoms with Gasteiger partial charge in [-0.1, -0.05) is 13.3 Å². The maximum absolute atomic E-state index is 5.89. The highest BCUT2D eigenvalue weighted by Crippen LogP contribution is 2.11. The van der Waals surface area contributed by atoms with E-state index in [0.29, 0.717) is 6.04 Å². The summed E-state index contributed by atoms with van der Waals surface area (Å²) in [5, 5.41) is 11.9. The van der Waals surface area contributed by atoms with Crippen LogP contribution in [0.25, 0.3) is 0 Å². The summed E-state index contributed by atoms with van der Waals surface area (Å²) in [6, 6.07) is 0.377. The predicted octanol–water partition coefficient (Wildman–Crippen LogP) is 0.396. The number of nitrogens with two attached hydrogens (primary N) is 1. The molecule has 1 fully saturated rings. The summed E-state index contributed by atoms with van der Waals surface area (Å²) in [6.45, 7) is 6.06. The van der Waals surface area contributed by atoms with Crippen LogP contribution >= 0.6 is 0 Å². The van der Waals surface area contributed by atoms with Crippen LogP contribution in [0.2, 0.25) is 0 Å². The van der Waals surface area contributed by atoms with E-state index in [-0.39, 0.29) is 0 Å². The number of likely N-dealkylation sites (tertiary alicyclic amines) is 1. The lowest BCUT2D eigenvalue weighted by atomic mass is 10.1. The first-order valence-corrected chi connectivity index (χ1v) is 6.52. The molecule has 2 N–H and O–H groups in total. The molecule has 6 nitrogen and oxygen atoms in total. The summed E-state index contributed by atoms with van der Waals surface area (Å²) >= 11 is 0. The van der Waals surface area contributed by atoms with Crippen LogP contribution in [-0.4, -0.2) is 44.2 Å². The summed E-state index contributed by atoms with van der Waals surface area (Å²) in [4.78, 5) is 2.39. The highest BCUT2D eigenvalue weighted by molar-refractivity contribution is 4.84. The van der Waals surface area contributed by atoms with Gasteiger partial charge in [0.15, 0.2) is 5.82 Å². The molecule has 1 aromatic heterocycles. The van der Waals surface area contributed by atoms with Crippen LogP contribution in [0.4, 0.5) is 0 Å². The van der Waals surface area contributed by atoms with Crippen LogP contribution in [0.15, 0.2) is 0 Å². The minimum absolute atomic E-state index is 0.377. The number of hydrogen-bond donors (Lipinski definition) is 1. The van der Waals surface area contributed by atoms with Gasteiger partial charge in [-0.25, -0.2) is 4.68 Å². The fraction of sp³-hybridized carbons (Fsp3) is 0.909. The van der Waals surface area contributed by atoms with Gasteiger partial charge in [-0.3, -0.25) is 4.90 Å². The van der Waals surface area contributed by atoms with E-state index in [4.69, 9.17) is 5.73 Å². The highest BCUT2D eigenvalue weighted by atomic mass is 15.5. The van der Waals surface area contributed by atoms with Crippen molar-refractivity contribution < 1.29 is 0 Å². The molecule has 1 aromatic rings. The third kappa shape index (κ3) is 3.47. The Morgan fingerprint density at radius 2 is 2.12 bits per heavy atom. The topological polar surface area (TPSA) is 72.9 Å². The molecule has 17 heavy (non-hydrogen) atoms. The first-order chi connectivity index (χ1) is 8.29. The Balaban J connectivity index is 1.87. The van der Waals surface area contributed by atoms with E-state index in [2.05, 4.69) is 27.3 Å². The number of rotatable bonds is 5. The summed E-state index contributed by atoms with van der Waals surface area (Å²) in [5.41, 5.74) is 5.89. The lowest BCUT2D eigenvalue weighted by molar-refractivity contribution is 0.197. The molecule has 1 aliphatic heterocycles. The van der Waals surface area contributed by atoms with Crippen molar-refractivity contribution in [1.82, 2.24) is 25.1 Å². The number of unbranched alkanes of at least 4 members (excludes halogenated alkanes) is 1. The molecule has 0 radical (unpaired) electrons. The Labute approximate surface area is 102 Å². The molecule has 0 aliphatic carbocycles. The molecular formula is C11H22N6. The predicted molar refractivity (Wildman–Crippen MR) is 65.2 cm³/mol. The van der Waals surface area contributed by atoms with Crippen molar-refractivity contribution in [2.75, 3.05) is 13.1 Å². The summed E-state index contributed by atoms with van der Waals surface area (Å²) < 4.78 is 1.93. The van der Waals surface area contributed by atoms with Crippen LogP contribution in [0.1, 0.15) is 38.4 Å². The first kappa shape index (κ1) is 12.4. The van der Waals surface area contributed by atoms with Crippen molar-refractivity contribution in [2.45, 2.75) is 51.7 Å².